The Kier molecular flexibility index (Phi) is 4.95. The Morgan fingerprint density at radius 1 is 1.24 bits per heavy atom. The minimum Gasteiger partial charge on any atom is -0.288 e. The van der Waals surface area contributed by atoms with Gasteiger partial charge in [0.05, 0.1) is 10.7 Å². The molecule has 21 heavy (non-hydrogen) atoms. The fraction of sp³-hybridized carbons (Fsp3) is 0.0625. The average Bonchev–Trinajstić information content (AvgIpc) is 2.49. The van der Waals surface area contributed by atoms with Gasteiger partial charge in [0.1, 0.15) is 5.82 Å². The molecule has 1 amide bonds. The van der Waals surface area contributed by atoms with Gasteiger partial charge in [0.2, 0.25) is 0 Å². The molecule has 0 heterocycles. The summed E-state index contributed by atoms with van der Waals surface area (Å²) in [5, 5.41) is 1.64. The van der Waals surface area contributed by atoms with E-state index in [1.54, 1.807) is 24.2 Å². The van der Waals surface area contributed by atoms with Gasteiger partial charge in [-0.05, 0) is 35.9 Å². The first-order valence-corrected chi connectivity index (χ1v) is 6.66. The largest absolute Gasteiger partial charge is 0.288 e. The normalized spacial score (nSPS) is 10.6. The molecule has 0 atom stereocenters. The number of hydrogen-bond acceptors (Lipinski definition) is 2. The summed E-state index contributed by atoms with van der Waals surface area (Å²) in [6, 6.07) is 13.7. The molecule has 2 rings (SSSR count). The molecule has 0 saturated carbocycles. The van der Waals surface area contributed by atoms with E-state index < -0.39 is 5.82 Å². The molecular weight excluding hydrogens is 291 g/mol. The molecule has 2 aromatic rings. The first kappa shape index (κ1) is 15.1. The highest BCUT2D eigenvalue weighted by molar-refractivity contribution is 6.30. The summed E-state index contributed by atoms with van der Waals surface area (Å²) < 4.78 is 13.0. The maximum atomic E-state index is 13.0. The number of nitrogens with zero attached hydrogens (tertiary/aromatic N) is 1. The number of halogens is 2. The molecule has 0 aliphatic carbocycles. The zero-order chi connectivity index (χ0) is 15.2. The molecule has 0 bridgehead atoms. The van der Waals surface area contributed by atoms with Gasteiger partial charge in [0.25, 0.3) is 5.91 Å². The summed E-state index contributed by atoms with van der Waals surface area (Å²) in [5.41, 5.74) is 4.21. The lowest BCUT2D eigenvalue weighted by Crippen LogP contribution is -2.38. The zero-order valence-electron chi connectivity index (χ0n) is 11.4. The molecule has 0 fully saturated rings. The number of carbonyl (C=O) groups excluding carboxylic acids is 1. The number of hydrogen-bond donors (Lipinski definition) is 1. The summed E-state index contributed by atoms with van der Waals surface area (Å²) >= 11 is 5.68. The van der Waals surface area contributed by atoms with Gasteiger partial charge in [-0.3, -0.25) is 15.2 Å². The van der Waals surface area contributed by atoms with Crippen molar-refractivity contribution in [1.82, 2.24) is 5.43 Å². The van der Waals surface area contributed by atoms with E-state index in [0.29, 0.717) is 5.56 Å². The van der Waals surface area contributed by atoms with Crippen LogP contribution in [0, 0.1) is 5.82 Å². The Morgan fingerprint density at radius 2 is 1.95 bits per heavy atom. The van der Waals surface area contributed by atoms with Crippen LogP contribution in [-0.2, 0) is 4.79 Å². The van der Waals surface area contributed by atoms with Crippen LogP contribution in [0.1, 0.15) is 5.56 Å². The van der Waals surface area contributed by atoms with Crippen LogP contribution in [0.15, 0.2) is 54.6 Å². The van der Waals surface area contributed by atoms with E-state index in [9.17, 15) is 9.18 Å². The van der Waals surface area contributed by atoms with Gasteiger partial charge in [-0.2, -0.15) is 0 Å². The third-order valence-corrected chi connectivity index (χ3v) is 3.08. The lowest BCUT2D eigenvalue weighted by Gasteiger charge is -2.19. The molecule has 1 N–H and O–H groups in total. The van der Waals surface area contributed by atoms with Crippen LogP contribution in [0.4, 0.5) is 10.1 Å². The number of carbonyl (C=O) groups is 1. The van der Waals surface area contributed by atoms with E-state index in [1.165, 1.54) is 18.2 Å². The van der Waals surface area contributed by atoms with Crippen molar-refractivity contribution in [3.05, 3.63) is 71.0 Å². The van der Waals surface area contributed by atoms with E-state index in [1.807, 2.05) is 30.3 Å². The lowest BCUT2D eigenvalue weighted by atomic mass is 10.2. The molecule has 108 valence electrons. The predicted octanol–water partition coefficient (Wildman–Crippen LogP) is 3.66. The maximum Gasteiger partial charge on any atom is 0.262 e. The molecule has 0 aliphatic heterocycles. The average molecular weight is 305 g/mol. The first-order chi connectivity index (χ1) is 10.1. The number of benzene rings is 2. The minimum atomic E-state index is -0.484. The van der Waals surface area contributed by atoms with Crippen LogP contribution in [0.2, 0.25) is 5.02 Å². The predicted molar refractivity (Wildman–Crippen MR) is 83.4 cm³/mol. The van der Waals surface area contributed by atoms with Crippen molar-refractivity contribution >= 4 is 29.3 Å². The first-order valence-electron chi connectivity index (χ1n) is 6.29. The van der Waals surface area contributed by atoms with Crippen molar-refractivity contribution in [3.8, 4) is 0 Å². The highest BCUT2D eigenvalue weighted by Gasteiger charge is 2.03. The molecule has 3 nitrogen and oxygen atoms in total. The topological polar surface area (TPSA) is 32.3 Å². The Hall–Kier alpha value is -2.33. The SMILES string of the molecule is CN(NC(=O)/C=C/c1ccc(F)c(Cl)c1)c1ccccc1. The number of nitrogens with one attached hydrogen (secondary N) is 1. The van der Waals surface area contributed by atoms with Crippen LogP contribution in [0.25, 0.3) is 6.08 Å². The molecule has 0 radical (unpaired) electrons. The number of anilines is 1. The van der Waals surface area contributed by atoms with Crippen molar-refractivity contribution in [2.24, 2.45) is 0 Å². The van der Waals surface area contributed by atoms with Crippen molar-refractivity contribution < 1.29 is 9.18 Å². The molecule has 0 aromatic heterocycles. The summed E-state index contributed by atoms with van der Waals surface area (Å²) in [6.07, 6.45) is 2.93. The van der Waals surface area contributed by atoms with E-state index in [-0.39, 0.29) is 10.9 Å². The van der Waals surface area contributed by atoms with E-state index >= 15 is 0 Å². The van der Waals surface area contributed by atoms with E-state index in [0.717, 1.165) is 5.69 Å². The van der Waals surface area contributed by atoms with Gasteiger partial charge < -0.3 is 0 Å². The lowest BCUT2D eigenvalue weighted by molar-refractivity contribution is -0.116. The van der Waals surface area contributed by atoms with Crippen LogP contribution in [0.3, 0.4) is 0 Å². The van der Waals surface area contributed by atoms with Gasteiger partial charge in [0.15, 0.2) is 0 Å². The monoisotopic (exact) mass is 304 g/mol. The third kappa shape index (κ3) is 4.33. The van der Waals surface area contributed by atoms with Gasteiger partial charge >= 0.3 is 0 Å². The highest BCUT2D eigenvalue weighted by Crippen LogP contribution is 2.16. The molecular formula is C16H14ClFN2O. The molecule has 0 unspecified atom stereocenters. The summed E-state index contributed by atoms with van der Waals surface area (Å²) in [7, 11) is 1.75. The quantitative estimate of drug-likeness (QED) is 0.690. The number of para-hydroxylation sites is 1. The van der Waals surface area contributed by atoms with Gasteiger partial charge in [-0.1, -0.05) is 35.9 Å². The second-order valence-electron chi connectivity index (χ2n) is 4.38. The van der Waals surface area contributed by atoms with Crippen LogP contribution >= 0.6 is 11.6 Å². The van der Waals surface area contributed by atoms with Gasteiger partial charge in [0, 0.05) is 13.1 Å². The fourth-order valence-electron chi connectivity index (χ4n) is 1.71. The van der Waals surface area contributed by atoms with Gasteiger partial charge in [-0.25, -0.2) is 4.39 Å². The second kappa shape index (κ2) is 6.90. The summed E-state index contributed by atoms with van der Waals surface area (Å²) in [4.78, 5) is 11.8. The molecule has 2 aromatic carbocycles. The standard InChI is InChI=1S/C16H14ClFN2O/c1-20(13-5-3-2-4-6-13)19-16(21)10-8-12-7-9-15(18)14(17)11-12/h2-11H,1H3,(H,19,21)/b10-8+. The van der Waals surface area contributed by atoms with Crippen LogP contribution in [-0.4, -0.2) is 13.0 Å². The summed E-state index contributed by atoms with van der Waals surface area (Å²) in [5.74, 6) is -0.774. The Labute approximate surface area is 127 Å². The minimum absolute atomic E-state index is 0.0268. The third-order valence-electron chi connectivity index (χ3n) is 2.79. The van der Waals surface area contributed by atoms with Crippen LogP contribution < -0.4 is 10.4 Å². The van der Waals surface area contributed by atoms with Gasteiger partial charge in [-0.15, -0.1) is 0 Å². The van der Waals surface area contributed by atoms with Crippen LogP contribution in [0.5, 0.6) is 0 Å². The van der Waals surface area contributed by atoms with E-state index in [2.05, 4.69) is 5.43 Å². The molecule has 0 aliphatic rings. The Balaban J connectivity index is 1.98. The van der Waals surface area contributed by atoms with Crippen molar-refractivity contribution in [1.29, 1.82) is 0 Å². The van der Waals surface area contributed by atoms with Crippen molar-refractivity contribution in [2.75, 3.05) is 12.1 Å². The Bertz CT molecular complexity index is 659. The van der Waals surface area contributed by atoms with E-state index in [4.69, 9.17) is 11.6 Å². The molecule has 0 spiro atoms. The number of rotatable bonds is 4. The smallest absolute Gasteiger partial charge is 0.262 e. The molecule has 5 heteroatoms. The summed E-state index contributed by atoms with van der Waals surface area (Å²) in [6.45, 7) is 0. The molecule has 0 saturated heterocycles. The Morgan fingerprint density at radius 3 is 2.62 bits per heavy atom. The highest BCUT2D eigenvalue weighted by atomic mass is 35.5. The van der Waals surface area contributed by atoms with Crippen molar-refractivity contribution in [2.45, 2.75) is 0 Å². The fourth-order valence-corrected chi connectivity index (χ4v) is 1.90. The second-order valence-corrected chi connectivity index (χ2v) is 4.78. The van der Waals surface area contributed by atoms with Crippen molar-refractivity contribution in [3.63, 3.8) is 0 Å². The maximum absolute atomic E-state index is 13.0. The number of amides is 1. The zero-order valence-corrected chi connectivity index (χ0v) is 12.1. The number of hydrazine groups is 1.